The number of carbonyl (C=O) groups is 1. The zero-order chi connectivity index (χ0) is 31.6. The minimum absolute atomic E-state index is 0.0617. The van der Waals surface area contributed by atoms with Crippen molar-refractivity contribution in [1.82, 2.24) is 19.9 Å². The van der Waals surface area contributed by atoms with Crippen molar-refractivity contribution < 1.29 is 18.6 Å². The molecule has 0 saturated carbocycles. The number of benzene rings is 3. The number of hydrogen-bond acceptors (Lipinski definition) is 7. The van der Waals surface area contributed by atoms with Gasteiger partial charge in [0.25, 0.3) is 5.91 Å². The molecule has 5 aromatic rings. The molecule has 10 nitrogen and oxygen atoms in total. The van der Waals surface area contributed by atoms with E-state index in [2.05, 4.69) is 15.3 Å². The van der Waals surface area contributed by atoms with Crippen molar-refractivity contribution in [3.8, 4) is 17.2 Å². The standard InChI is InChI=1S/C35H33FN6O4/c1-42(45)14-4-7-24(42)8-10-39-35(44)26-20-41-29-15-21-5-2-3-6-22(21)16-30(29)46-34-31(41)25(33(26)43)17-27(36)32(34)40-13-9-23(19-40)28-18-37-11-12-38-28/h2-3,5-6,11-12,15-18,20,23-24H,4,7-10,13-14,19H2,1H3,(H,39,44)/t23?,24-,42?/m1/s1. The number of rotatable bonds is 6. The summed E-state index contributed by atoms with van der Waals surface area (Å²) in [5.74, 6) is -0.351. The summed E-state index contributed by atoms with van der Waals surface area (Å²) in [7, 11) is 1.67. The van der Waals surface area contributed by atoms with E-state index in [0.29, 0.717) is 43.0 Å². The molecule has 3 aromatic carbocycles. The summed E-state index contributed by atoms with van der Waals surface area (Å²) in [4.78, 5) is 38.0. The molecule has 3 aliphatic heterocycles. The maximum Gasteiger partial charge on any atom is 0.256 e. The summed E-state index contributed by atoms with van der Waals surface area (Å²) in [6.07, 6.45) is 9.51. The summed E-state index contributed by atoms with van der Waals surface area (Å²) in [6, 6.07) is 12.8. The highest BCUT2D eigenvalue weighted by atomic mass is 19.1. The smallest absolute Gasteiger partial charge is 0.256 e. The molecule has 2 saturated heterocycles. The van der Waals surface area contributed by atoms with Crippen LogP contribution < -0.4 is 20.4 Å². The van der Waals surface area contributed by atoms with Crippen molar-refractivity contribution in [3.63, 3.8) is 0 Å². The van der Waals surface area contributed by atoms with Gasteiger partial charge in [-0.3, -0.25) is 19.6 Å². The van der Waals surface area contributed by atoms with Crippen LogP contribution in [0.1, 0.15) is 47.7 Å². The lowest BCUT2D eigenvalue weighted by Gasteiger charge is -2.40. The predicted molar refractivity (Wildman–Crippen MR) is 173 cm³/mol. The molecule has 5 heterocycles. The molecule has 0 bridgehead atoms. The van der Waals surface area contributed by atoms with Gasteiger partial charge in [-0.15, -0.1) is 0 Å². The van der Waals surface area contributed by atoms with Crippen LogP contribution in [0.2, 0.25) is 0 Å². The van der Waals surface area contributed by atoms with Crippen LogP contribution in [0.25, 0.3) is 27.4 Å². The first kappa shape index (κ1) is 28.6. The molecule has 3 aliphatic rings. The third-order valence-electron chi connectivity index (χ3n) is 9.90. The second-order valence-electron chi connectivity index (χ2n) is 12.7. The summed E-state index contributed by atoms with van der Waals surface area (Å²) >= 11 is 0. The Balaban J connectivity index is 1.23. The van der Waals surface area contributed by atoms with Crippen LogP contribution in [-0.4, -0.2) is 64.4 Å². The molecular weight excluding hydrogens is 587 g/mol. The molecule has 3 atom stereocenters. The SMILES string of the molecule is C[N+]1([O-])CCC[C@@H]1CCNC(=O)c1cn2c3c(c(N4CCC(c5cnccn5)C4)c(F)cc3c1=O)Oc1cc3ccccc3cc1-2. The van der Waals surface area contributed by atoms with Gasteiger partial charge >= 0.3 is 0 Å². The average Bonchev–Trinajstić information content (AvgIpc) is 3.67. The lowest BCUT2D eigenvalue weighted by Crippen LogP contribution is -2.44. The van der Waals surface area contributed by atoms with Gasteiger partial charge in [-0.2, -0.15) is 0 Å². The fourth-order valence-electron chi connectivity index (χ4n) is 7.43. The number of carbonyl (C=O) groups excluding carboxylic acids is 1. The van der Waals surface area contributed by atoms with Crippen LogP contribution in [0, 0.1) is 11.0 Å². The molecule has 234 valence electrons. The third-order valence-corrected chi connectivity index (χ3v) is 9.90. The molecule has 8 rings (SSSR count). The minimum Gasteiger partial charge on any atom is -0.633 e. The normalized spacial score (nSPS) is 21.8. The van der Waals surface area contributed by atoms with E-state index in [0.717, 1.165) is 35.7 Å². The summed E-state index contributed by atoms with van der Waals surface area (Å²) in [6.45, 7) is 1.91. The zero-order valence-corrected chi connectivity index (χ0v) is 25.4. The van der Waals surface area contributed by atoms with Gasteiger partial charge < -0.3 is 29.4 Å². The number of hydrogen-bond donors (Lipinski definition) is 1. The number of nitrogens with one attached hydrogen (secondary N) is 1. The molecule has 0 spiro atoms. The van der Waals surface area contributed by atoms with Crippen molar-refractivity contribution >= 4 is 33.3 Å². The molecule has 2 unspecified atom stereocenters. The summed E-state index contributed by atoms with van der Waals surface area (Å²) in [5.41, 5.74) is 1.50. The number of anilines is 1. The summed E-state index contributed by atoms with van der Waals surface area (Å²) < 4.78 is 24.3. The molecule has 0 radical (unpaired) electrons. The number of fused-ring (bicyclic) bond motifs is 3. The highest BCUT2D eigenvalue weighted by Gasteiger charge is 2.35. The Morgan fingerprint density at radius 2 is 2.00 bits per heavy atom. The second-order valence-corrected chi connectivity index (χ2v) is 12.7. The Hall–Kier alpha value is -4.87. The maximum atomic E-state index is 16.3. The number of likely N-dealkylation sites (tertiary alicyclic amines) is 1. The van der Waals surface area contributed by atoms with E-state index in [9.17, 15) is 14.8 Å². The number of ether oxygens (including phenoxy) is 1. The van der Waals surface area contributed by atoms with Gasteiger partial charge in [0.2, 0.25) is 5.43 Å². The number of amides is 1. The first-order chi connectivity index (χ1) is 22.3. The maximum absolute atomic E-state index is 16.3. The van der Waals surface area contributed by atoms with E-state index in [4.69, 9.17) is 4.74 Å². The van der Waals surface area contributed by atoms with E-state index in [1.807, 2.05) is 41.3 Å². The van der Waals surface area contributed by atoms with Crippen LogP contribution in [0.15, 0.2) is 72.0 Å². The highest BCUT2D eigenvalue weighted by Crippen LogP contribution is 2.48. The Morgan fingerprint density at radius 3 is 2.76 bits per heavy atom. The fraction of sp³-hybridized carbons (Fsp3) is 0.314. The molecule has 1 N–H and O–H groups in total. The lowest BCUT2D eigenvalue weighted by molar-refractivity contribution is -0.873. The molecule has 1 amide bonds. The van der Waals surface area contributed by atoms with Gasteiger partial charge in [0.15, 0.2) is 17.3 Å². The first-order valence-electron chi connectivity index (χ1n) is 15.8. The monoisotopic (exact) mass is 620 g/mol. The topological polar surface area (TPSA) is 112 Å². The van der Waals surface area contributed by atoms with Crippen LogP contribution >= 0.6 is 0 Å². The van der Waals surface area contributed by atoms with Gasteiger partial charge in [0.05, 0.1) is 36.4 Å². The molecule has 2 fully saturated rings. The predicted octanol–water partition coefficient (Wildman–Crippen LogP) is 5.40. The molecule has 11 heteroatoms. The van der Waals surface area contributed by atoms with E-state index in [-0.39, 0.29) is 45.5 Å². The van der Waals surface area contributed by atoms with Crippen LogP contribution in [0.5, 0.6) is 11.5 Å². The van der Waals surface area contributed by atoms with E-state index < -0.39 is 17.2 Å². The number of aromatic nitrogens is 3. The number of quaternary nitrogens is 1. The van der Waals surface area contributed by atoms with Crippen molar-refractivity contribution in [1.29, 1.82) is 0 Å². The largest absolute Gasteiger partial charge is 0.633 e. The number of halogens is 1. The van der Waals surface area contributed by atoms with E-state index in [1.165, 1.54) is 12.3 Å². The van der Waals surface area contributed by atoms with Crippen LogP contribution in [-0.2, 0) is 0 Å². The Bertz CT molecular complexity index is 2080. The van der Waals surface area contributed by atoms with Crippen molar-refractivity contribution in [2.45, 2.75) is 37.6 Å². The van der Waals surface area contributed by atoms with E-state index in [1.54, 1.807) is 30.2 Å². The van der Waals surface area contributed by atoms with Gasteiger partial charge in [0.1, 0.15) is 16.8 Å². The Kier molecular flexibility index (Phi) is 6.77. The Morgan fingerprint density at radius 1 is 1.17 bits per heavy atom. The zero-order valence-electron chi connectivity index (χ0n) is 25.4. The van der Waals surface area contributed by atoms with E-state index >= 15 is 4.39 Å². The number of hydroxylamine groups is 3. The number of nitrogens with zero attached hydrogens (tertiary/aromatic N) is 5. The fourth-order valence-corrected chi connectivity index (χ4v) is 7.43. The lowest BCUT2D eigenvalue weighted by atomic mass is 10.0. The van der Waals surface area contributed by atoms with Crippen molar-refractivity contribution in [2.24, 2.45) is 0 Å². The second kappa shape index (κ2) is 10.9. The first-order valence-corrected chi connectivity index (χ1v) is 15.8. The molecule has 0 aliphatic carbocycles. The minimum atomic E-state index is -0.596. The van der Waals surface area contributed by atoms with Crippen molar-refractivity contribution in [3.05, 3.63) is 99.8 Å². The third kappa shape index (κ3) is 4.69. The van der Waals surface area contributed by atoms with Gasteiger partial charge in [-0.1, -0.05) is 24.3 Å². The van der Waals surface area contributed by atoms with Crippen LogP contribution in [0.4, 0.5) is 10.1 Å². The molecular formula is C35H33FN6O4. The van der Waals surface area contributed by atoms with Gasteiger partial charge in [-0.25, -0.2) is 4.39 Å². The average molecular weight is 621 g/mol. The quantitative estimate of drug-likeness (QED) is 0.196. The highest BCUT2D eigenvalue weighted by molar-refractivity contribution is 6.02. The van der Waals surface area contributed by atoms with Crippen molar-refractivity contribution in [2.75, 3.05) is 38.1 Å². The molecule has 2 aromatic heterocycles. The van der Waals surface area contributed by atoms with Crippen LogP contribution in [0.3, 0.4) is 0 Å². The summed E-state index contributed by atoms with van der Waals surface area (Å²) in [5, 5.41) is 17.5. The molecule has 46 heavy (non-hydrogen) atoms. The number of pyridine rings is 1. The van der Waals surface area contributed by atoms with Gasteiger partial charge in [0, 0.05) is 69.6 Å². The van der Waals surface area contributed by atoms with Gasteiger partial charge in [-0.05, 0) is 35.4 Å². The Labute approximate surface area is 264 Å².